The monoisotopic (exact) mass is 458 g/mol. The zero-order valence-electron chi connectivity index (χ0n) is 19.8. The van der Waals surface area contributed by atoms with Crippen molar-refractivity contribution in [3.05, 3.63) is 90.5 Å². The molecule has 1 unspecified atom stereocenters. The number of nitrogens with zero attached hydrogens (tertiary/aromatic N) is 2. The Labute approximate surface area is 201 Å². The number of rotatable bonds is 11. The molecular formula is C29H31FN2O2. The Morgan fingerprint density at radius 2 is 1.62 bits per heavy atom. The number of alkyl halides is 1. The van der Waals surface area contributed by atoms with E-state index >= 15 is 0 Å². The number of ether oxygens (including phenoxy) is 2. The van der Waals surface area contributed by atoms with Gasteiger partial charge in [0.2, 0.25) is 0 Å². The molecule has 0 amide bonds. The lowest BCUT2D eigenvalue weighted by Gasteiger charge is -2.21. The number of hydrogen-bond donors (Lipinski definition) is 0. The zero-order valence-corrected chi connectivity index (χ0v) is 19.8. The highest BCUT2D eigenvalue weighted by molar-refractivity contribution is 5.86. The maximum atomic E-state index is 13.7. The van der Waals surface area contributed by atoms with Crippen molar-refractivity contribution >= 4 is 16.6 Å². The second-order valence-electron chi connectivity index (χ2n) is 8.14. The van der Waals surface area contributed by atoms with Crippen LogP contribution < -0.4 is 9.64 Å². The minimum absolute atomic E-state index is 0.161. The van der Waals surface area contributed by atoms with Crippen LogP contribution in [0, 0.1) is 0 Å². The summed E-state index contributed by atoms with van der Waals surface area (Å²) >= 11 is 0. The van der Waals surface area contributed by atoms with Crippen molar-refractivity contribution in [3.63, 3.8) is 0 Å². The summed E-state index contributed by atoms with van der Waals surface area (Å²) in [6.45, 7) is 6.18. The summed E-state index contributed by atoms with van der Waals surface area (Å²) < 4.78 is 25.5. The molecule has 0 fully saturated rings. The highest BCUT2D eigenvalue weighted by atomic mass is 19.1. The lowest BCUT2D eigenvalue weighted by molar-refractivity contribution is 0.0304. The minimum Gasteiger partial charge on any atom is -0.483 e. The summed E-state index contributed by atoms with van der Waals surface area (Å²) in [5.74, 6) is 0.560. The molecule has 0 spiro atoms. The normalized spacial score (nSPS) is 12.0. The van der Waals surface area contributed by atoms with E-state index < -0.39 is 12.8 Å². The summed E-state index contributed by atoms with van der Waals surface area (Å²) in [6.07, 6.45) is -0.701. The first-order chi connectivity index (χ1) is 16.7. The second-order valence-corrected chi connectivity index (χ2v) is 8.14. The Kier molecular flexibility index (Phi) is 8.10. The van der Waals surface area contributed by atoms with Crippen molar-refractivity contribution in [2.24, 2.45) is 0 Å². The first-order valence-corrected chi connectivity index (χ1v) is 11.8. The van der Waals surface area contributed by atoms with Crippen molar-refractivity contribution in [2.45, 2.75) is 26.6 Å². The van der Waals surface area contributed by atoms with Crippen molar-refractivity contribution in [2.75, 3.05) is 31.3 Å². The Bertz CT molecular complexity index is 1180. The maximum Gasteiger partial charge on any atom is 0.150 e. The van der Waals surface area contributed by atoms with E-state index in [4.69, 9.17) is 14.5 Å². The van der Waals surface area contributed by atoms with Gasteiger partial charge in [-0.2, -0.15) is 0 Å². The van der Waals surface area contributed by atoms with Crippen molar-refractivity contribution in [1.29, 1.82) is 0 Å². The number of anilines is 1. The smallest absolute Gasteiger partial charge is 0.150 e. The van der Waals surface area contributed by atoms with Gasteiger partial charge in [-0.15, -0.1) is 0 Å². The molecule has 4 rings (SSSR count). The quantitative estimate of drug-likeness (QED) is 0.251. The third kappa shape index (κ3) is 5.72. The van der Waals surface area contributed by atoms with Crippen molar-refractivity contribution < 1.29 is 13.9 Å². The van der Waals surface area contributed by atoms with Gasteiger partial charge >= 0.3 is 0 Å². The first-order valence-electron chi connectivity index (χ1n) is 11.8. The van der Waals surface area contributed by atoms with Gasteiger partial charge in [0.15, 0.2) is 6.10 Å². The largest absolute Gasteiger partial charge is 0.483 e. The minimum atomic E-state index is -0.701. The molecule has 0 bridgehead atoms. The summed E-state index contributed by atoms with van der Waals surface area (Å²) in [6, 6.07) is 28.0. The van der Waals surface area contributed by atoms with E-state index in [0.717, 1.165) is 35.3 Å². The third-order valence-electron chi connectivity index (χ3n) is 5.86. The molecule has 5 heteroatoms. The number of benzene rings is 3. The molecule has 1 atom stereocenters. The molecule has 1 heterocycles. The number of para-hydroxylation sites is 1. The SMILES string of the molecule is CCN(CC)c1ccc(-c2ccc3cccc(OC(CF)COCc4ccccc4)c3n2)cc1. The molecule has 4 nitrogen and oxygen atoms in total. The van der Waals surface area contributed by atoms with Gasteiger partial charge in [0.05, 0.1) is 18.9 Å². The summed E-state index contributed by atoms with van der Waals surface area (Å²) in [5, 5.41) is 0.948. The zero-order chi connectivity index (χ0) is 23.8. The van der Waals surface area contributed by atoms with Crippen molar-refractivity contribution in [3.8, 4) is 17.0 Å². The first kappa shape index (κ1) is 23.7. The molecule has 4 aromatic rings. The Morgan fingerprint density at radius 1 is 0.853 bits per heavy atom. The third-order valence-corrected chi connectivity index (χ3v) is 5.86. The molecule has 176 valence electrons. The summed E-state index contributed by atoms with van der Waals surface area (Å²) in [5.41, 5.74) is 4.84. The van der Waals surface area contributed by atoms with Gasteiger partial charge in [-0.1, -0.05) is 60.7 Å². The van der Waals surface area contributed by atoms with Crippen LogP contribution in [0.1, 0.15) is 19.4 Å². The fourth-order valence-corrected chi connectivity index (χ4v) is 3.98. The van der Waals surface area contributed by atoms with E-state index in [9.17, 15) is 4.39 Å². The summed E-state index contributed by atoms with van der Waals surface area (Å²) in [4.78, 5) is 7.18. The van der Waals surface area contributed by atoms with Crippen molar-refractivity contribution in [1.82, 2.24) is 4.98 Å². The molecule has 1 aromatic heterocycles. The molecule has 0 radical (unpaired) electrons. The summed E-state index contributed by atoms with van der Waals surface area (Å²) in [7, 11) is 0. The second kappa shape index (κ2) is 11.6. The van der Waals surface area contributed by atoms with E-state index in [2.05, 4.69) is 43.0 Å². The average Bonchev–Trinajstić information content (AvgIpc) is 2.89. The van der Waals surface area contributed by atoms with E-state index in [1.54, 1.807) is 0 Å². The van der Waals surface area contributed by atoms with E-state index in [0.29, 0.717) is 17.9 Å². The number of hydrogen-bond acceptors (Lipinski definition) is 4. The fraction of sp³-hybridized carbons (Fsp3) is 0.276. The molecule has 0 N–H and O–H groups in total. The van der Waals surface area contributed by atoms with Crippen LogP contribution in [0.5, 0.6) is 5.75 Å². The van der Waals surface area contributed by atoms with Crippen LogP contribution in [-0.2, 0) is 11.3 Å². The molecule has 0 aliphatic rings. The van der Waals surface area contributed by atoms with Crippen LogP contribution in [0.3, 0.4) is 0 Å². The molecule has 0 aliphatic carbocycles. The van der Waals surface area contributed by atoms with Gasteiger partial charge in [-0.25, -0.2) is 9.37 Å². The van der Waals surface area contributed by atoms with Gasteiger partial charge in [0, 0.05) is 29.7 Å². The molecule has 0 aliphatic heterocycles. The van der Waals surface area contributed by atoms with Crippen LogP contribution in [0.15, 0.2) is 84.9 Å². The fourth-order valence-electron chi connectivity index (χ4n) is 3.98. The van der Waals surface area contributed by atoms with Gasteiger partial charge < -0.3 is 14.4 Å². The molecule has 3 aromatic carbocycles. The average molecular weight is 459 g/mol. The van der Waals surface area contributed by atoms with Crippen LogP contribution in [0.25, 0.3) is 22.2 Å². The van der Waals surface area contributed by atoms with Crippen LogP contribution >= 0.6 is 0 Å². The van der Waals surface area contributed by atoms with E-state index in [-0.39, 0.29) is 6.61 Å². The van der Waals surface area contributed by atoms with Gasteiger partial charge in [0.1, 0.15) is 17.9 Å². The molecule has 0 saturated heterocycles. The topological polar surface area (TPSA) is 34.6 Å². The number of aromatic nitrogens is 1. The Morgan fingerprint density at radius 3 is 2.32 bits per heavy atom. The molecule has 34 heavy (non-hydrogen) atoms. The lowest BCUT2D eigenvalue weighted by atomic mass is 10.1. The lowest BCUT2D eigenvalue weighted by Crippen LogP contribution is -2.25. The van der Waals surface area contributed by atoms with Crippen LogP contribution in [0.2, 0.25) is 0 Å². The van der Waals surface area contributed by atoms with Gasteiger partial charge in [-0.05, 0) is 43.7 Å². The highest BCUT2D eigenvalue weighted by Crippen LogP contribution is 2.29. The Balaban J connectivity index is 1.51. The molecule has 0 saturated carbocycles. The van der Waals surface area contributed by atoms with E-state index in [1.165, 1.54) is 5.69 Å². The number of halogens is 1. The highest BCUT2D eigenvalue weighted by Gasteiger charge is 2.14. The number of pyridine rings is 1. The van der Waals surface area contributed by atoms with E-state index in [1.807, 2.05) is 60.7 Å². The molecular weight excluding hydrogens is 427 g/mol. The Hall–Kier alpha value is -3.44. The number of fused-ring (bicyclic) bond motifs is 1. The standard InChI is InChI=1S/C29H31FN2O2/c1-3-32(4-2)25-16-13-23(14-17-25)27-18-15-24-11-8-12-28(29(24)31-27)34-26(19-30)21-33-20-22-9-6-5-7-10-22/h5-18,26H,3-4,19-21H2,1-2H3. The van der Waals surface area contributed by atoms with Crippen LogP contribution in [-0.4, -0.2) is 37.5 Å². The predicted octanol–water partition coefficient (Wildman–Crippen LogP) is 6.68. The van der Waals surface area contributed by atoms with Crippen LogP contribution in [0.4, 0.5) is 10.1 Å². The van der Waals surface area contributed by atoms with Gasteiger partial charge in [0.25, 0.3) is 0 Å². The predicted molar refractivity (Wildman–Crippen MR) is 137 cm³/mol. The van der Waals surface area contributed by atoms with Gasteiger partial charge in [-0.3, -0.25) is 0 Å². The maximum absolute atomic E-state index is 13.7.